The Hall–Kier alpha value is -0.110. The maximum Gasteiger partial charge on any atom is 0.401 e. The quantitative estimate of drug-likeness (QED) is 0.896. The van der Waals surface area contributed by atoms with Crippen LogP contribution in [0.5, 0.6) is 0 Å². The molecule has 7 heteroatoms. The lowest BCUT2D eigenvalue weighted by Gasteiger charge is -2.29. The lowest BCUT2D eigenvalue weighted by atomic mass is 10.2. The highest BCUT2D eigenvalue weighted by Gasteiger charge is 2.33. The van der Waals surface area contributed by atoms with E-state index in [9.17, 15) is 13.2 Å². The largest absolute Gasteiger partial charge is 0.401 e. The number of hydrogen-bond acceptors (Lipinski definition) is 3. The van der Waals surface area contributed by atoms with Gasteiger partial charge in [-0.3, -0.25) is 4.90 Å². The van der Waals surface area contributed by atoms with Crippen molar-refractivity contribution in [3.63, 3.8) is 0 Å². The molecule has 0 aliphatic rings. The number of rotatable bonds is 5. The molecule has 1 aromatic rings. The Bertz CT molecular complexity index is 354. The van der Waals surface area contributed by atoms with E-state index in [1.54, 1.807) is 6.92 Å². The highest BCUT2D eigenvalue weighted by molar-refractivity contribution is 9.11. The Labute approximate surface area is 111 Å². The van der Waals surface area contributed by atoms with E-state index in [1.165, 1.54) is 16.2 Å². The maximum atomic E-state index is 12.4. The number of nitrogens with two attached hydrogens (primary N) is 1. The first-order valence-corrected chi connectivity index (χ1v) is 6.74. The van der Waals surface area contributed by atoms with Crippen molar-refractivity contribution < 1.29 is 13.2 Å². The van der Waals surface area contributed by atoms with Gasteiger partial charge in [-0.25, -0.2) is 0 Å². The zero-order chi connectivity index (χ0) is 13.1. The van der Waals surface area contributed by atoms with Crippen molar-refractivity contribution in [1.29, 1.82) is 0 Å². The van der Waals surface area contributed by atoms with E-state index >= 15 is 0 Å². The molecule has 0 radical (unpaired) electrons. The second-order valence-corrected chi connectivity index (χ2v) is 6.07. The van der Waals surface area contributed by atoms with Crippen LogP contribution in [0.15, 0.2) is 15.9 Å². The average molecular weight is 331 g/mol. The molecule has 0 aliphatic heterocycles. The SMILES string of the molecule is CCN(CC(F)(F)F)C(CN)c1ccc(Br)s1. The van der Waals surface area contributed by atoms with Gasteiger partial charge < -0.3 is 5.73 Å². The fourth-order valence-electron chi connectivity index (χ4n) is 1.63. The van der Waals surface area contributed by atoms with Gasteiger partial charge >= 0.3 is 6.18 Å². The summed E-state index contributed by atoms with van der Waals surface area (Å²) in [7, 11) is 0. The number of halogens is 4. The van der Waals surface area contributed by atoms with Crippen molar-refractivity contribution in [1.82, 2.24) is 4.90 Å². The summed E-state index contributed by atoms with van der Waals surface area (Å²) in [5.74, 6) is 0. The van der Waals surface area contributed by atoms with Crippen LogP contribution in [0.2, 0.25) is 0 Å². The van der Waals surface area contributed by atoms with E-state index in [1.807, 2.05) is 12.1 Å². The van der Waals surface area contributed by atoms with Gasteiger partial charge in [0, 0.05) is 11.4 Å². The molecule has 0 spiro atoms. The first kappa shape index (κ1) is 14.9. The molecule has 0 aliphatic carbocycles. The number of hydrogen-bond donors (Lipinski definition) is 1. The molecule has 2 nitrogen and oxygen atoms in total. The van der Waals surface area contributed by atoms with Crippen molar-refractivity contribution in [3.05, 3.63) is 20.8 Å². The molecule has 2 N–H and O–H groups in total. The van der Waals surface area contributed by atoms with Crippen LogP contribution in [0.3, 0.4) is 0 Å². The first-order chi connectivity index (χ1) is 7.87. The van der Waals surface area contributed by atoms with E-state index in [0.717, 1.165) is 8.66 Å². The minimum Gasteiger partial charge on any atom is -0.329 e. The zero-order valence-corrected chi connectivity index (χ0v) is 11.7. The molecule has 0 saturated carbocycles. The minimum absolute atomic E-state index is 0.177. The van der Waals surface area contributed by atoms with Crippen LogP contribution >= 0.6 is 27.3 Å². The third-order valence-corrected chi connectivity index (χ3v) is 4.10. The van der Waals surface area contributed by atoms with E-state index in [2.05, 4.69) is 15.9 Å². The molecule has 1 atom stereocenters. The van der Waals surface area contributed by atoms with Crippen molar-refractivity contribution in [2.75, 3.05) is 19.6 Å². The zero-order valence-electron chi connectivity index (χ0n) is 9.30. The molecule has 98 valence electrons. The number of thiophene rings is 1. The summed E-state index contributed by atoms with van der Waals surface area (Å²) in [6.07, 6.45) is -4.20. The Morgan fingerprint density at radius 2 is 2.12 bits per heavy atom. The highest BCUT2D eigenvalue weighted by atomic mass is 79.9. The minimum atomic E-state index is -4.20. The Morgan fingerprint density at radius 3 is 2.47 bits per heavy atom. The molecule has 1 heterocycles. The van der Waals surface area contributed by atoms with Crippen LogP contribution in [-0.4, -0.2) is 30.7 Å². The van der Waals surface area contributed by atoms with Crippen molar-refractivity contribution >= 4 is 27.3 Å². The molecule has 0 saturated heterocycles. The van der Waals surface area contributed by atoms with E-state index in [0.29, 0.717) is 6.54 Å². The van der Waals surface area contributed by atoms with Crippen LogP contribution in [0.25, 0.3) is 0 Å². The molecule has 0 fully saturated rings. The molecule has 0 bridgehead atoms. The lowest BCUT2D eigenvalue weighted by molar-refractivity contribution is -0.150. The van der Waals surface area contributed by atoms with Gasteiger partial charge in [0.2, 0.25) is 0 Å². The molecule has 1 rings (SSSR count). The van der Waals surface area contributed by atoms with Crippen molar-refractivity contribution in [2.45, 2.75) is 19.1 Å². The summed E-state index contributed by atoms with van der Waals surface area (Å²) >= 11 is 4.72. The lowest BCUT2D eigenvalue weighted by Crippen LogP contribution is -2.39. The Balaban J connectivity index is 2.83. The van der Waals surface area contributed by atoms with Crippen molar-refractivity contribution in [2.24, 2.45) is 5.73 Å². The van der Waals surface area contributed by atoms with Crippen LogP contribution in [0.4, 0.5) is 13.2 Å². The van der Waals surface area contributed by atoms with Crippen LogP contribution in [0, 0.1) is 0 Å². The number of alkyl halides is 3. The standard InChI is InChI=1S/C10H14BrF3N2S/c1-2-16(6-10(12,13)14)7(5-15)8-3-4-9(11)17-8/h3-4,7H,2,5-6,15H2,1H3. The fraction of sp³-hybridized carbons (Fsp3) is 0.600. The highest BCUT2D eigenvalue weighted by Crippen LogP contribution is 2.31. The second-order valence-electron chi connectivity index (χ2n) is 3.57. The third kappa shape index (κ3) is 4.57. The summed E-state index contributed by atoms with van der Waals surface area (Å²) < 4.78 is 38.2. The van der Waals surface area contributed by atoms with Crippen LogP contribution in [-0.2, 0) is 0 Å². The van der Waals surface area contributed by atoms with E-state index < -0.39 is 12.7 Å². The van der Waals surface area contributed by atoms with Gasteiger partial charge in [0.25, 0.3) is 0 Å². The Morgan fingerprint density at radius 1 is 1.47 bits per heavy atom. The maximum absolute atomic E-state index is 12.4. The molecule has 1 aromatic heterocycles. The average Bonchev–Trinajstić information content (AvgIpc) is 2.62. The van der Waals surface area contributed by atoms with Gasteiger partial charge in [-0.05, 0) is 34.6 Å². The van der Waals surface area contributed by atoms with Crippen LogP contribution < -0.4 is 5.73 Å². The molecular weight excluding hydrogens is 317 g/mol. The van der Waals surface area contributed by atoms with Gasteiger partial charge in [0.05, 0.1) is 16.4 Å². The predicted molar refractivity (Wildman–Crippen MR) is 67.1 cm³/mol. The molecule has 1 unspecified atom stereocenters. The number of nitrogens with zero attached hydrogens (tertiary/aromatic N) is 1. The topological polar surface area (TPSA) is 29.3 Å². The smallest absolute Gasteiger partial charge is 0.329 e. The fourth-order valence-corrected chi connectivity index (χ4v) is 3.20. The van der Waals surface area contributed by atoms with Gasteiger partial charge in [-0.2, -0.15) is 13.2 Å². The Kier molecular flexibility index (Phi) is 5.43. The monoisotopic (exact) mass is 330 g/mol. The van der Waals surface area contributed by atoms with Crippen LogP contribution in [0.1, 0.15) is 17.8 Å². The second kappa shape index (κ2) is 6.17. The third-order valence-electron chi connectivity index (χ3n) is 2.38. The van der Waals surface area contributed by atoms with Crippen molar-refractivity contribution in [3.8, 4) is 0 Å². The summed E-state index contributed by atoms with van der Waals surface area (Å²) in [6, 6.07) is 3.26. The first-order valence-electron chi connectivity index (χ1n) is 5.13. The predicted octanol–water partition coefficient (Wildman–Crippen LogP) is 3.39. The van der Waals surface area contributed by atoms with Gasteiger partial charge in [0.1, 0.15) is 0 Å². The van der Waals surface area contributed by atoms with E-state index in [4.69, 9.17) is 5.73 Å². The molecular formula is C10H14BrF3N2S. The molecule has 17 heavy (non-hydrogen) atoms. The summed E-state index contributed by atoms with van der Waals surface area (Å²) in [5.41, 5.74) is 5.59. The number of likely N-dealkylation sites (N-methyl/N-ethyl adjacent to an activating group) is 1. The summed E-state index contributed by atoms with van der Waals surface area (Å²) in [4.78, 5) is 2.20. The van der Waals surface area contributed by atoms with E-state index in [-0.39, 0.29) is 12.6 Å². The normalized spacial score (nSPS) is 14.3. The van der Waals surface area contributed by atoms with Gasteiger partial charge in [-0.1, -0.05) is 6.92 Å². The molecule has 0 aromatic carbocycles. The summed E-state index contributed by atoms with van der Waals surface area (Å²) in [5, 5.41) is 0. The van der Waals surface area contributed by atoms with Gasteiger partial charge in [-0.15, -0.1) is 11.3 Å². The molecule has 0 amide bonds. The summed E-state index contributed by atoms with van der Waals surface area (Å²) in [6.45, 7) is 1.27. The van der Waals surface area contributed by atoms with Gasteiger partial charge in [0.15, 0.2) is 0 Å².